The molecule has 1 fully saturated rings. The maximum Gasteiger partial charge on any atom is 0.252 e. The molecule has 2 aliphatic heterocycles. The van der Waals surface area contributed by atoms with Crippen molar-refractivity contribution >= 4 is 17.2 Å². The summed E-state index contributed by atoms with van der Waals surface area (Å²) in [4.78, 5) is 43.2. The van der Waals surface area contributed by atoms with Crippen LogP contribution in [0.1, 0.15) is 35.2 Å². The van der Waals surface area contributed by atoms with Gasteiger partial charge in [0.15, 0.2) is 0 Å². The maximum absolute atomic E-state index is 13.3. The molecule has 2 N–H and O–H groups in total. The summed E-state index contributed by atoms with van der Waals surface area (Å²) in [6.45, 7) is 2.41. The number of aromatic nitrogens is 2. The quantitative estimate of drug-likeness (QED) is 0.641. The van der Waals surface area contributed by atoms with Crippen LogP contribution >= 0.6 is 11.3 Å². The van der Waals surface area contributed by atoms with Crippen LogP contribution < -0.4 is 16.4 Å². The topological polar surface area (TPSA) is 87.2 Å². The van der Waals surface area contributed by atoms with Crippen molar-refractivity contribution in [2.45, 2.75) is 31.5 Å². The van der Waals surface area contributed by atoms with Gasteiger partial charge in [0.05, 0.1) is 0 Å². The van der Waals surface area contributed by atoms with E-state index < -0.39 is 6.04 Å². The first kappa shape index (κ1) is 20.0. The molecule has 3 aromatic heterocycles. The Bertz CT molecular complexity index is 1200. The Labute approximate surface area is 183 Å². The second-order valence-electron chi connectivity index (χ2n) is 8.36. The van der Waals surface area contributed by atoms with Crippen LogP contribution in [0.15, 0.2) is 62.9 Å². The number of hydrogen-bond donors (Lipinski definition) is 2. The summed E-state index contributed by atoms with van der Waals surface area (Å²) >= 11 is 1.59. The molecule has 31 heavy (non-hydrogen) atoms. The second kappa shape index (κ2) is 8.28. The number of hydrogen-bond acceptors (Lipinski definition) is 5. The first-order valence-corrected chi connectivity index (χ1v) is 11.4. The SMILES string of the molecule is O=C(NCc1ccsc1)[C@H]1[C@@H]2C[C@@H](CN(Cc3ccc[nH]c3=O)C2)c2cccc(=O)n21. The fourth-order valence-corrected chi connectivity index (χ4v) is 5.67. The van der Waals surface area contributed by atoms with Crippen LogP contribution in [0, 0.1) is 5.92 Å². The molecule has 0 saturated carbocycles. The number of carbonyl (C=O) groups is 1. The van der Waals surface area contributed by atoms with Crippen LogP contribution in [-0.4, -0.2) is 33.4 Å². The highest BCUT2D eigenvalue weighted by atomic mass is 32.1. The Morgan fingerprint density at radius 1 is 1.16 bits per heavy atom. The van der Waals surface area contributed by atoms with Gasteiger partial charge in [-0.1, -0.05) is 12.1 Å². The molecule has 2 aliphatic rings. The van der Waals surface area contributed by atoms with E-state index in [1.54, 1.807) is 28.2 Å². The number of pyridine rings is 2. The third-order valence-corrected chi connectivity index (χ3v) is 7.06. The van der Waals surface area contributed by atoms with Gasteiger partial charge in [0.2, 0.25) is 5.91 Å². The molecule has 0 aliphatic carbocycles. The number of fused-ring (bicyclic) bond motifs is 4. The fraction of sp³-hybridized carbons (Fsp3) is 0.348. The Morgan fingerprint density at radius 3 is 2.87 bits per heavy atom. The van der Waals surface area contributed by atoms with Gasteiger partial charge in [-0.15, -0.1) is 0 Å². The van der Waals surface area contributed by atoms with Crippen LogP contribution in [0.5, 0.6) is 0 Å². The average molecular weight is 437 g/mol. The standard InChI is InChI=1S/C23H24N4O3S/c28-20-5-1-4-19-17-9-18(13-26(12-17)11-16-3-2-7-24-22(16)29)21(27(19)20)23(30)25-10-15-6-8-31-14-15/h1-8,14,17-18,21H,9-13H2,(H,24,29)(H,25,30)/t17-,18+,21+/m0/s1. The monoisotopic (exact) mass is 436 g/mol. The van der Waals surface area contributed by atoms with E-state index in [0.717, 1.165) is 24.2 Å². The van der Waals surface area contributed by atoms with Crippen molar-refractivity contribution in [2.24, 2.45) is 5.92 Å². The van der Waals surface area contributed by atoms with Gasteiger partial charge in [-0.3, -0.25) is 23.9 Å². The number of thiophene rings is 1. The summed E-state index contributed by atoms with van der Waals surface area (Å²) in [6, 6.07) is 10.4. The lowest BCUT2D eigenvalue weighted by molar-refractivity contribution is -0.128. The van der Waals surface area contributed by atoms with Crippen LogP contribution in [0.3, 0.4) is 0 Å². The number of amides is 1. The first-order chi connectivity index (χ1) is 15.1. The smallest absolute Gasteiger partial charge is 0.252 e. The van der Waals surface area contributed by atoms with Crippen molar-refractivity contribution in [3.05, 3.63) is 90.9 Å². The van der Waals surface area contributed by atoms with Crippen LogP contribution in [0.2, 0.25) is 0 Å². The molecule has 1 saturated heterocycles. The zero-order chi connectivity index (χ0) is 21.4. The number of H-pyrrole nitrogens is 1. The minimum absolute atomic E-state index is 0.0108. The lowest BCUT2D eigenvalue weighted by atomic mass is 9.78. The zero-order valence-electron chi connectivity index (χ0n) is 17.0. The highest BCUT2D eigenvalue weighted by molar-refractivity contribution is 7.07. The van der Waals surface area contributed by atoms with Crippen LogP contribution in [-0.2, 0) is 17.9 Å². The molecule has 0 spiro atoms. The Hall–Kier alpha value is -2.97. The molecular weight excluding hydrogens is 412 g/mol. The lowest BCUT2D eigenvalue weighted by Gasteiger charge is -2.46. The van der Waals surface area contributed by atoms with E-state index in [4.69, 9.17) is 0 Å². The molecular formula is C23H24N4O3S. The zero-order valence-corrected chi connectivity index (χ0v) is 17.8. The highest BCUT2D eigenvalue weighted by Gasteiger charge is 2.43. The summed E-state index contributed by atoms with van der Waals surface area (Å²) in [5.41, 5.74) is 2.47. The third-order valence-electron chi connectivity index (χ3n) is 6.33. The molecule has 0 unspecified atom stereocenters. The van der Waals surface area contributed by atoms with E-state index in [2.05, 4.69) is 15.2 Å². The number of rotatable bonds is 5. The van der Waals surface area contributed by atoms with Crippen molar-refractivity contribution in [3.8, 4) is 0 Å². The number of carbonyl (C=O) groups excluding carboxylic acids is 1. The maximum atomic E-state index is 13.3. The Balaban J connectivity index is 1.44. The second-order valence-corrected chi connectivity index (χ2v) is 9.14. The number of likely N-dealkylation sites (tertiary alicyclic amines) is 1. The molecule has 3 aromatic rings. The molecule has 160 valence electrons. The van der Waals surface area contributed by atoms with Gasteiger partial charge in [-0.2, -0.15) is 11.3 Å². The summed E-state index contributed by atoms with van der Waals surface area (Å²) < 4.78 is 1.70. The summed E-state index contributed by atoms with van der Waals surface area (Å²) in [5.74, 6) is 0.0524. The largest absolute Gasteiger partial charge is 0.350 e. The van der Waals surface area contributed by atoms with Gasteiger partial charge in [0.1, 0.15) is 6.04 Å². The number of nitrogens with zero attached hydrogens (tertiary/aromatic N) is 2. The van der Waals surface area contributed by atoms with Crippen molar-refractivity contribution < 1.29 is 4.79 Å². The van der Waals surface area contributed by atoms with E-state index in [1.165, 1.54) is 6.07 Å². The number of piperidine rings is 1. The summed E-state index contributed by atoms with van der Waals surface area (Å²) in [6.07, 6.45) is 2.49. The highest BCUT2D eigenvalue weighted by Crippen LogP contribution is 2.41. The minimum atomic E-state index is -0.546. The Morgan fingerprint density at radius 2 is 2.06 bits per heavy atom. The predicted octanol–water partition coefficient (Wildman–Crippen LogP) is 2.07. The van der Waals surface area contributed by atoms with E-state index in [-0.39, 0.29) is 28.9 Å². The number of aromatic amines is 1. The van der Waals surface area contributed by atoms with E-state index >= 15 is 0 Å². The van der Waals surface area contributed by atoms with Crippen molar-refractivity contribution in [1.82, 2.24) is 19.8 Å². The molecule has 2 bridgehead atoms. The average Bonchev–Trinajstić information content (AvgIpc) is 3.28. The molecule has 5 rings (SSSR count). The summed E-state index contributed by atoms with van der Waals surface area (Å²) in [5, 5.41) is 7.03. The first-order valence-electron chi connectivity index (χ1n) is 10.5. The lowest BCUT2D eigenvalue weighted by Crippen LogP contribution is -2.53. The van der Waals surface area contributed by atoms with Gasteiger partial charge < -0.3 is 10.3 Å². The van der Waals surface area contributed by atoms with Gasteiger partial charge in [-0.25, -0.2) is 0 Å². The summed E-state index contributed by atoms with van der Waals surface area (Å²) in [7, 11) is 0. The Kier molecular flexibility index (Phi) is 5.33. The normalized spacial score (nSPS) is 22.6. The fourth-order valence-electron chi connectivity index (χ4n) is 5.00. The van der Waals surface area contributed by atoms with Crippen LogP contribution in [0.25, 0.3) is 0 Å². The van der Waals surface area contributed by atoms with Crippen molar-refractivity contribution in [1.29, 1.82) is 0 Å². The van der Waals surface area contributed by atoms with Gasteiger partial charge in [0.25, 0.3) is 11.1 Å². The van der Waals surface area contributed by atoms with Crippen LogP contribution in [0.4, 0.5) is 0 Å². The molecule has 0 aromatic carbocycles. The molecule has 0 radical (unpaired) electrons. The molecule has 5 heterocycles. The molecule has 1 amide bonds. The van der Waals surface area contributed by atoms with E-state index in [9.17, 15) is 14.4 Å². The third kappa shape index (κ3) is 3.88. The van der Waals surface area contributed by atoms with Gasteiger partial charge >= 0.3 is 0 Å². The number of nitrogens with one attached hydrogen (secondary N) is 2. The van der Waals surface area contributed by atoms with Crippen molar-refractivity contribution in [2.75, 3.05) is 13.1 Å². The van der Waals surface area contributed by atoms with Crippen molar-refractivity contribution in [3.63, 3.8) is 0 Å². The predicted molar refractivity (Wildman–Crippen MR) is 119 cm³/mol. The molecule has 7 nitrogen and oxygen atoms in total. The van der Waals surface area contributed by atoms with E-state index in [1.807, 2.05) is 35.0 Å². The van der Waals surface area contributed by atoms with Gasteiger partial charge in [0, 0.05) is 61.5 Å². The molecule has 3 atom stereocenters. The van der Waals surface area contributed by atoms with Gasteiger partial charge in [-0.05, 0) is 40.9 Å². The minimum Gasteiger partial charge on any atom is -0.350 e. The molecule has 8 heteroatoms. The van der Waals surface area contributed by atoms with E-state index in [0.29, 0.717) is 25.2 Å².